The number of nitrogens with zero attached hydrogens (tertiary/aromatic N) is 2. The first-order chi connectivity index (χ1) is 15.9. The number of fused-ring (bicyclic) bond motifs is 2. The highest BCUT2D eigenvalue weighted by Crippen LogP contribution is 2.52. The van der Waals surface area contributed by atoms with Crippen molar-refractivity contribution in [2.45, 2.75) is 19.8 Å². The van der Waals surface area contributed by atoms with Gasteiger partial charge < -0.3 is 14.5 Å². The number of hydrogen-bond acceptors (Lipinski definition) is 6. The first kappa shape index (κ1) is 20.9. The Bertz CT molecular complexity index is 1220. The van der Waals surface area contributed by atoms with Gasteiger partial charge in [0.1, 0.15) is 5.75 Å². The second-order valence-corrected chi connectivity index (χ2v) is 8.74. The molecule has 2 aliphatic rings. The Morgan fingerprint density at radius 1 is 1.03 bits per heavy atom. The number of allylic oxidation sites excluding steroid dienone is 2. The van der Waals surface area contributed by atoms with Crippen LogP contribution in [-0.2, 0) is 4.79 Å². The molecule has 5 rings (SSSR count). The standard InChI is InChI=1S/C25H24N4O4/c1-25(14-15-3-8-18(25)13-15)23(31)26-19-9-4-16(5-10-19)21(30)27-24-29-28-22(33-24)17-6-11-20(32-2)12-7-17/h3-12,15,18H,13-14H2,1-2H3,(H,26,31)(H,27,29,30)/t15-,18-,25+/m0/s1. The Kier molecular flexibility index (Phi) is 5.20. The summed E-state index contributed by atoms with van der Waals surface area (Å²) in [5.41, 5.74) is 1.40. The van der Waals surface area contributed by atoms with Gasteiger partial charge in [-0.2, -0.15) is 0 Å². The summed E-state index contributed by atoms with van der Waals surface area (Å²) in [7, 11) is 1.59. The minimum atomic E-state index is -0.386. The van der Waals surface area contributed by atoms with Crippen LogP contribution < -0.4 is 15.4 Å². The van der Waals surface area contributed by atoms with E-state index in [4.69, 9.17) is 9.15 Å². The maximum atomic E-state index is 12.9. The van der Waals surface area contributed by atoms with Gasteiger partial charge in [0.2, 0.25) is 11.8 Å². The monoisotopic (exact) mass is 444 g/mol. The molecule has 8 heteroatoms. The number of rotatable bonds is 6. The third kappa shape index (κ3) is 4.00. The Balaban J connectivity index is 1.21. The summed E-state index contributed by atoms with van der Waals surface area (Å²) < 4.78 is 10.7. The van der Waals surface area contributed by atoms with Crippen LogP contribution >= 0.6 is 0 Å². The predicted molar refractivity (Wildman–Crippen MR) is 123 cm³/mol. The fourth-order valence-electron chi connectivity index (χ4n) is 4.63. The molecule has 2 amide bonds. The van der Waals surface area contributed by atoms with Crippen LogP contribution in [0.25, 0.3) is 11.5 Å². The minimum Gasteiger partial charge on any atom is -0.497 e. The van der Waals surface area contributed by atoms with Crippen molar-refractivity contribution in [3.8, 4) is 17.2 Å². The number of anilines is 2. The van der Waals surface area contributed by atoms with E-state index >= 15 is 0 Å². The van der Waals surface area contributed by atoms with E-state index in [0.29, 0.717) is 34.4 Å². The molecule has 2 aromatic carbocycles. The highest BCUT2D eigenvalue weighted by molar-refractivity contribution is 6.03. The van der Waals surface area contributed by atoms with Gasteiger partial charge in [0.25, 0.3) is 5.91 Å². The lowest BCUT2D eigenvalue weighted by atomic mass is 9.77. The molecule has 2 bridgehead atoms. The quantitative estimate of drug-likeness (QED) is 0.541. The molecule has 0 unspecified atom stereocenters. The third-order valence-corrected chi connectivity index (χ3v) is 6.58. The van der Waals surface area contributed by atoms with E-state index in [1.165, 1.54) is 0 Å². The van der Waals surface area contributed by atoms with E-state index in [9.17, 15) is 9.59 Å². The van der Waals surface area contributed by atoms with Crippen LogP contribution in [0.2, 0.25) is 0 Å². The number of benzene rings is 2. The van der Waals surface area contributed by atoms with E-state index in [2.05, 4.69) is 33.0 Å². The van der Waals surface area contributed by atoms with Crippen LogP contribution in [0.5, 0.6) is 5.75 Å². The third-order valence-electron chi connectivity index (χ3n) is 6.58. The number of ether oxygens (including phenoxy) is 1. The summed E-state index contributed by atoms with van der Waals surface area (Å²) >= 11 is 0. The van der Waals surface area contributed by atoms with E-state index in [0.717, 1.165) is 12.8 Å². The number of methoxy groups -OCH3 is 1. The van der Waals surface area contributed by atoms with Crippen molar-refractivity contribution in [1.29, 1.82) is 0 Å². The molecule has 0 spiro atoms. The molecule has 0 aliphatic heterocycles. The molecule has 1 aromatic heterocycles. The average Bonchev–Trinajstić information content (AvgIpc) is 3.56. The van der Waals surface area contributed by atoms with E-state index < -0.39 is 0 Å². The summed E-state index contributed by atoms with van der Waals surface area (Å²) in [5.74, 6) is 1.44. The van der Waals surface area contributed by atoms with Gasteiger partial charge in [-0.1, -0.05) is 24.2 Å². The lowest BCUT2D eigenvalue weighted by Gasteiger charge is -2.29. The first-order valence-corrected chi connectivity index (χ1v) is 10.8. The number of amides is 2. The summed E-state index contributed by atoms with van der Waals surface area (Å²) in [6.07, 6.45) is 6.32. The van der Waals surface area contributed by atoms with Crippen molar-refractivity contribution in [1.82, 2.24) is 10.2 Å². The maximum Gasteiger partial charge on any atom is 0.322 e. The number of hydrogen-bond donors (Lipinski definition) is 2. The maximum absolute atomic E-state index is 12.9. The number of aromatic nitrogens is 2. The van der Waals surface area contributed by atoms with Crippen molar-refractivity contribution < 1.29 is 18.7 Å². The lowest BCUT2D eigenvalue weighted by Crippen LogP contribution is -2.36. The molecular weight excluding hydrogens is 420 g/mol. The predicted octanol–water partition coefficient (Wildman–Crippen LogP) is 4.54. The van der Waals surface area contributed by atoms with Crippen LogP contribution in [-0.4, -0.2) is 29.1 Å². The van der Waals surface area contributed by atoms with E-state index in [1.54, 1.807) is 55.6 Å². The van der Waals surface area contributed by atoms with Crippen molar-refractivity contribution in [2.24, 2.45) is 17.3 Å². The molecular formula is C25H24N4O4. The fraction of sp³-hybridized carbons (Fsp3) is 0.280. The Labute approximate surface area is 191 Å². The summed E-state index contributed by atoms with van der Waals surface area (Å²) in [4.78, 5) is 25.5. The number of carbonyl (C=O) groups is 2. The molecule has 2 N–H and O–H groups in total. The zero-order valence-corrected chi connectivity index (χ0v) is 18.4. The van der Waals surface area contributed by atoms with Gasteiger partial charge in [0.15, 0.2) is 0 Å². The summed E-state index contributed by atoms with van der Waals surface area (Å²) in [6.45, 7) is 2.03. The molecule has 8 nitrogen and oxygen atoms in total. The zero-order chi connectivity index (χ0) is 23.0. The van der Waals surface area contributed by atoms with Gasteiger partial charge in [-0.15, -0.1) is 5.10 Å². The largest absolute Gasteiger partial charge is 0.497 e. The van der Waals surface area contributed by atoms with Gasteiger partial charge in [0, 0.05) is 16.8 Å². The zero-order valence-electron chi connectivity index (χ0n) is 18.4. The Morgan fingerprint density at radius 2 is 1.79 bits per heavy atom. The van der Waals surface area contributed by atoms with Gasteiger partial charge in [-0.25, -0.2) is 0 Å². The lowest BCUT2D eigenvalue weighted by molar-refractivity contribution is -0.126. The highest BCUT2D eigenvalue weighted by Gasteiger charge is 2.49. The smallest absolute Gasteiger partial charge is 0.322 e. The molecule has 1 fully saturated rings. The van der Waals surface area contributed by atoms with E-state index in [1.807, 2.05) is 6.92 Å². The van der Waals surface area contributed by atoms with Crippen molar-refractivity contribution in [3.05, 3.63) is 66.2 Å². The molecule has 1 heterocycles. The number of nitrogens with one attached hydrogen (secondary N) is 2. The topological polar surface area (TPSA) is 106 Å². The molecule has 168 valence electrons. The Hall–Kier alpha value is -3.94. The molecule has 0 radical (unpaired) electrons. The van der Waals surface area contributed by atoms with E-state index in [-0.39, 0.29) is 29.1 Å². The van der Waals surface area contributed by atoms with Crippen LogP contribution in [0.4, 0.5) is 11.7 Å². The molecule has 0 saturated heterocycles. The fourth-order valence-corrected chi connectivity index (χ4v) is 4.63. The van der Waals surface area contributed by atoms with Crippen molar-refractivity contribution in [3.63, 3.8) is 0 Å². The van der Waals surface area contributed by atoms with Crippen LogP contribution in [0.1, 0.15) is 30.1 Å². The van der Waals surface area contributed by atoms with Gasteiger partial charge in [-0.05, 0) is 73.2 Å². The van der Waals surface area contributed by atoms with Crippen LogP contribution in [0, 0.1) is 17.3 Å². The van der Waals surface area contributed by atoms with Gasteiger partial charge in [0.05, 0.1) is 12.5 Å². The molecule has 2 aliphatic carbocycles. The molecule has 33 heavy (non-hydrogen) atoms. The summed E-state index contributed by atoms with van der Waals surface area (Å²) in [5, 5.41) is 13.5. The molecule has 3 atom stereocenters. The molecule has 1 saturated carbocycles. The minimum absolute atomic E-state index is 0.000429. The second-order valence-electron chi connectivity index (χ2n) is 8.74. The second kappa shape index (κ2) is 8.20. The van der Waals surface area contributed by atoms with Gasteiger partial charge >= 0.3 is 6.01 Å². The first-order valence-electron chi connectivity index (χ1n) is 10.8. The Morgan fingerprint density at radius 3 is 2.42 bits per heavy atom. The molecule has 3 aromatic rings. The van der Waals surface area contributed by atoms with Gasteiger partial charge in [-0.3, -0.25) is 14.9 Å². The van der Waals surface area contributed by atoms with Crippen molar-refractivity contribution >= 4 is 23.5 Å². The highest BCUT2D eigenvalue weighted by atomic mass is 16.5. The van der Waals surface area contributed by atoms with Crippen molar-refractivity contribution in [2.75, 3.05) is 17.7 Å². The van der Waals surface area contributed by atoms with Crippen LogP contribution in [0.3, 0.4) is 0 Å². The van der Waals surface area contributed by atoms with Crippen LogP contribution in [0.15, 0.2) is 65.1 Å². The summed E-state index contributed by atoms with van der Waals surface area (Å²) in [6, 6.07) is 13.9. The normalized spacial score (nSPS) is 22.8. The number of carbonyl (C=O) groups excluding carboxylic acids is 2. The SMILES string of the molecule is COc1ccc(-c2nnc(NC(=O)c3ccc(NC(=O)[C@]4(C)C[C@H]5C=C[C@H]4C5)cc3)o2)cc1. The average molecular weight is 444 g/mol.